The Morgan fingerprint density at radius 1 is 1.38 bits per heavy atom. The van der Waals surface area contributed by atoms with Crippen molar-refractivity contribution in [3.05, 3.63) is 48.0 Å². The molecular weight excluding hydrogens is 328 g/mol. The van der Waals surface area contributed by atoms with E-state index in [0.717, 1.165) is 49.4 Å². The Bertz CT molecular complexity index is 821. The van der Waals surface area contributed by atoms with E-state index in [0.29, 0.717) is 24.4 Å². The summed E-state index contributed by atoms with van der Waals surface area (Å²) in [7, 11) is 1.69. The molecule has 4 heterocycles. The van der Waals surface area contributed by atoms with E-state index in [9.17, 15) is 4.79 Å². The second kappa shape index (κ2) is 5.84. The number of hydrogen-bond acceptors (Lipinski definition) is 4. The molecule has 1 amide bonds. The molecule has 1 aromatic heterocycles. The van der Waals surface area contributed by atoms with Gasteiger partial charge in [0.1, 0.15) is 11.3 Å². The average Bonchev–Trinajstić information content (AvgIpc) is 3.41. The van der Waals surface area contributed by atoms with Gasteiger partial charge in [-0.3, -0.25) is 9.69 Å². The Hall–Kier alpha value is -2.34. The summed E-state index contributed by atoms with van der Waals surface area (Å²) in [6.45, 7) is 2.45. The van der Waals surface area contributed by atoms with Gasteiger partial charge in [0.05, 0.1) is 25.2 Å². The van der Waals surface area contributed by atoms with Crippen molar-refractivity contribution in [3.8, 4) is 5.75 Å². The zero-order valence-corrected chi connectivity index (χ0v) is 15.0. The molecule has 1 aromatic carbocycles. The van der Waals surface area contributed by atoms with E-state index < -0.39 is 0 Å². The number of nitrogens with zero attached hydrogens (tertiary/aromatic N) is 3. The summed E-state index contributed by atoms with van der Waals surface area (Å²) >= 11 is 0. The molecular formula is C20H24N4O2. The second-order valence-corrected chi connectivity index (χ2v) is 7.67. The van der Waals surface area contributed by atoms with Gasteiger partial charge in [-0.2, -0.15) is 0 Å². The highest BCUT2D eigenvalue weighted by atomic mass is 16.5. The average molecular weight is 352 g/mol. The van der Waals surface area contributed by atoms with Crippen LogP contribution >= 0.6 is 0 Å². The van der Waals surface area contributed by atoms with Gasteiger partial charge in [0.15, 0.2) is 0 Å². The van der Waals surface area contributed by atoms with E-state index in [2.05, 4.69) is 20.9 Å². The third-order valence-electron chi connectivity index (χ3n) is 6.56. The number of carbonyl (C=O) groups excluding carboxylic acids is 1. The van der Waals surface area contributed by atoms with Crippen LogP contribution in [0.5, 0.6) is 5.75 Å². The summed E-state index contributed by atoms with van der Waals surface area (Å²) in [6, 6.07) is 8.29. The predicted molar refractivity (Wildman–Crippen MR) is 96.5 cm³/mol. The number of aromatic amines is 1. The number of H-pyrrole nitrogens is 1. The molecule has 3 aliphatic heterocycles. The largest absolute Gasteiger partial charge is 0.496 e. The third kappa shape index (κ3) is 2.08. The summed E-state index contributed by atoms with van der Waals surface area (Å²) in [6.07, 6.45) is 6.74. The molecule has 0 saturated carbocycles. The lowest BCUT2D eigenvalue weighted by molar-refractivity contribution is -0.137. The molecule has 0 radical (unpaired) electrons. The topological polar surface area (TPSA) is 61.5 Å². The molecule has 0 unspecified atom stereocenters. The van der Waals surface area contributed by atoms with Crippen LogP contribution < -0.4 is 4.74 Å². The van der Waals surface area contributed by atoms with E-state index >= 15 is 0 Å². The first-order chi connectivity index (χ1) is 12.7. The van der Waals surface area contributed by atoms with E-state index in [1.165, 1.54) is 0 Å². The van der Waals surface area contributed by atoms with Gasteiger partial charge in [-0.15, -0.1) is 0 Å². The number of amides is 1. The van der Waals surface area contributed by atoms with Gasteiger partial charge in [-0.25, -0.2) is 4.98 Å². The fraction of sp³-hybridized carbons (Fsp3) is 0.500. The molecule has 26 heavy (non-hydrogen) atoms. The van der Waals surface area contributed by atoms with Crippen LogP contribution in [0.4, 0.5) is 0 Å². The Morgan fingerprint density at radius 3 is 3.08 bits per heavy atom. The zero-order valence-electron chi connectivity index (χ0n) is 15.0. The van der Waals surface area contributed by atoms with Crippen LogP contribution in [0.2, 0.25) is 0 Å². The second-order valence-electron chi connectivity index (χ2n) is 7.67. The van der Waals surface area contributed by atoms with Crippen LogP contribution in [0, 0.1) is 5.92 Å². The first-order valence-corrected chi connectivity index (χ1v) is 9.40. The van der Waals surface area contributed by atoms with Gasteiger partial charge in [0, 0.05) is 30.8 Å². The van der Waals surface area contributed by atoms with E-state index in [-0.39, 0.29) is 5.54 Å². The van der Waals surface area contributed by atoms with E-state index in [1.807, 2.05) is 29.3 Å². The number of imidazole rings is 1. The quantitative estimate of drug-likeness (QED) is 0.918. The highest BCUT2D eigenvalue weighted by Crippen LogP contribution is 2.55. The summed E-state index contributed by atoms with van der Waals surface area (Å²) in [5.41, 5.74) is 1.91. The van der Waals surface area contributed by atoms with Crippen molar-refractivity contribution < 1.29 is 9.53 Å². The molecule has 3 saturated heterocycles. The molecule has 0 aliphatic carbocycles. The molecule has 2 aromatic rings. The first kappa shape index (κ1) is 15.9. The van der Waals surface area contributed by atoms with Gasteiger partial charge in [-0.1, -0.05) is 18.2 Å². The highest BCUT2D eigenvalue weighted by molar-refractivity contribution is 5.90. The van der Waals surface area contributed by atoms with Crippen LogP contribution in [0.25, 0.3) is 0 Å². The Balaban J connectivity index is 1.43. The van der Waals surface area contributed by atoms with Crippen LogP contribution in [0.3, 0.4) is 0 Å². The number of para-hydroxylation sites is 1. The minimum atomic E-state index is -0.308. The Labute approximate surface area is 153 Å². The van der Waals surface area contributed by atoms with Crippen molar-refractivity contribution >= 4 is 5.91 Å². The van der Waals surface area contributed by atoms with E-state index in [1.54, 1.807) is 13.4 Å². The summed E-state index contributed by atoms with van der Waals surface area (Å²) < 4.78 is 5.48. The number of nitrogens with one attached hydrogen (secondary N) is 1. The molecule has 1 spiro atoms. The van der Waals surface area contributed by atoms with Crippen LogP contribution in [0.15, 0.2) is 36.8 Å². The first-order valence-electron chi connectivity index (χ1n) is 9.40. The highest BCUT2D eigenvalue weighted by Gasteiger charge is 2.65. The fourth-order valence-electron chi connectivity index (χ4n) is 5.50. The number of carbonyl (C=O) groups is 1. The number of hydrogen-bond donors (Lipinski definition) is 1. The zero-order chi connectivity index (χ0) is 17.7. The van der Waals surface area contributed by atoms with Gasteiger partial charge in [0.2, 0.25) is 5.91 Å². The molecule has 5 rings (SSSR count). The van der Waals surface area contributed by atoms with Crippen molar-refractivity contribution in [3.63, 3.8) is 0 Å². The molecule has 3 atom stereocenters. The third-order valence-corrected chi connectivity index (χ3v) is 6.56. The molecule has 3 aliphatic rings. The lowest BCUT2D eigenvalue weighted by Gasteiger charge is -2.33. The minimum Gasteiger partial charge on any atom is -0.496 e. The maximum atomic E-state index is 13.5. The van der Waals surface area contributed by atoms with Crippen molar-refractivity contribution in [1.29, 1.82) is 0 Å². The molecule has 1 N–H and O–H groups in total. The maximum Gasteiger partial charge on any atom is 0.243 e. The Kier molecular flexibility index (Phi) is 3.57. The number of ether oxygens (including phenoxy) is 1. The number of rotatable bonds is 4. The molecule has 6 heteroatoms. The van der Waals surface area contributed by atoms with Crippen LogP contribution in [-0.4, -0.2) is 51.4 Å². The van der Waals surface area contributed by atoms with Gasteiger partial charge < -0.3 is 14.6 Å². The van der Waals surface area contributed by atoms with Crippen molar-refractivity contribution in [1.82, 2.24) is 19.8 Å². The van der Waals surface area contributed by atoms with Crippen molar-refractivity contribution in [2.45, 2.75) is 37.4 Å². The lowest BCUT2D eigenvalue weighted by atomic mass is 9.85. The van der Waals surface area contributed by atoms with Crippen molar-refractivity contribution in [2.24, 2.45) is 5.92 Å². The SMILES string of the molecule is COc1ccccc1CN1C[C@@H]2C[C@@H](c3cnc[nH]3)N3CCC[C@@]23C1=O. The minimum absolute atomic E-state index is 0.294. The Morgan fingerprint density at radius 2 is 2.27 bits per heavy atom. The van der Waals surface area contributed by atoms with Gasteiger partial charge in [-0.05, 0) is 31.9 Å². The van der Waals surface area contributed by atoms with Crippen molar-refractivity contribution in [2.75, 3.05) is 20.2 Å². The molecule has 136 valence electrons. The summed E-state index contributed by atoms with van der Waals surface area (Å²) in [5, 5.41) is 0. The summed E-state index contributed by atoms with van der Waals surface area (Å²) in [5.74, 6) is 1.54. The number of benzene rings is 1. The van der Waals surface area contributed by atoms with Gasteiger partial charge >= 0.3 is 0 Å². The number of aromatic nitrogens is 2. The van der Waals surface area contributed by atoms with Crippen LogP contribution in [-0.2, 0) is 11.3 Å². The predicted octanol–water partition coefficient (Wildman–Crippen LogP) is 2.36. The molecule has 0 bridgehead atoms. The fourth-order valence-corrected chi connectivity index (χ4v) is 5.50. The smallest absolute Gasteiger partial charge is 0.243 e. The molecule has 6 nitrogen and oxygen atoms in total. The lowest BCUT2D eigenvalue weighted by Crippen LogP contribution is -2.49. The number of methoxy groups -OCH3 is 1. The van der Waals surface area contributed by atoms with E-state index in [4.69, 9.17) is 4.74 Å². The van der Waals surface area contributed by atoms with Gasteiger partial charge in [0.25, 0.3) is 0 Å². The molecule has 3 fully saturated rings. The van der Waals surface area contributed by atoms with Crippen LogP contribution in [0.1, 0.15) is 36.6 Å². The standard InChI is InChI=1S/C20H24N4O2/c1-26-18-6-3-2-5-14(18)11-23-12-15-9-17(16-10-21-13-22-16)24-8-4-7-20(15,24)19(23)25/h2-3,5-6,10,13,15,17H,4,7-9,11-12H2,1H3,(H,21,22)/t15-,17-,20-/m0/s1. The number of likely N-dealkylation sites (tertiary alicyclic amines) is 1. The monoisotopic (exact) mass is 352 g/mol. The maximum absolute atomic E-state index is 13.5. The normalized spacial score (nSPS) is 30.7. The summed E-state index contributed by atoms with van der Waals surface area (Å²) in [4.78, 5) is 25.5.